The van der Waals surface area contributed by atoms with E-state index in [2.05, 4.69) is 156 Å². The van der Waals surface area contributed by atoms with E-state index < -0.39 is 0 Å². The Bertz CT molecular complexity index is 3860. The summed E-state index contributed by atoms with van der Waals surface area (Å²) in [6.45, 7) is 0. The molecule has 0 spiro atoms. The second kappa shape index (κ2) is 12.4. The lowest BCUT2D eigenvalue weighted by atomic mass is 10.0. The number of hydrogen-bond donors (Lipinski definition) is 0. The van der Waals surface area contributed by atoms with Crippen molar-refractivity contribution in [3.63, 3.8) is 0 Å². The van der Waals surface area contributed by atoms with Gasteiger partial charge in [0.05, 0.1) is 16.7 Å². The lowest BCUT2D eigenvalue weighted by Gasteiger charge is -2.13. The number of benzene rings is 9. The van der Waals surface area contributed by atoms with Crippen LogP contribution in [0, 0.1) is 0 Å². The van der Waals surface area contributed by atoms with Crippen molar-refractivity contribution in [2.75, 3.05) is 0 Å². The maximum atomic E-state index is 6.76. The average molecular weight is 771 g/mol. The first-order valence-electron chi connectivity index (χ1n) is 19.8. The van der Waals surface area contributed by atoms with Gasteiger partial charge in [-0.2, -0.15) is 0 Å². The fourth-order valence-electron chi connectivity index (χ4n) is 9.15. The molecule has 5 nitrogen and oxygen atoms in total. The molecule has 4 aromatic heterocycles. The maximum Gasteiger partial charge on any atom is 0.165 e. The van der Waals surface area contributed by atoms with Crippen LogP contribution in [0.25, 0.3) is 125 Å². The SMILES string of the molecule is c1ccc(-c2nc(-c3cccc4c3sc3ccccc34)nc(-c3cc(-n4c5cc6ccccc6cc5c5c6ccccc6ccc54)cc4oc5ccccc5c34)n2)cc1. The molecule has 0 N–H and O–H groups in total. The zero-order valence-electron chi connectivity index (χ0n) is 31.4. The van der Waals surface area contributed by atoms with E-state index in [0.717, 1.165) is 60.0 Å². The average Bonchev–Trinajstić information content (AvgIpc) is 3.97. The number of furan rings is 1. The van der Waals surface area contributed by atoms with Gasteiger partial charge < -0.3 is 8.98 Å². The lowest BCUT2D eigenvalue weighted by Crippen LogP contribution is -2.02. The molecule has 6 heteroatoms. The summed E-state index contributed by atoms with van der Waals surface area (Å²) >= 11 is 1.78. The molecule has 59 heavy (non-hydrogen) atoms. The van der Waals surface area contributed by atoms with E-state index in [0.29, 0.717) is 17.5 Å². The normalized spacial score (nSPS) is 12.1. The van der Waals surface area contributed by atoms with Crippen molar-refractivity contribution < 1.29 is 4.42 Å². The van der Waals surface area contributed by atoms with E-state index in [-0.39, 0.29) is 0 Å². The van der Waals surface area contributed by atoms with Gasteiger partial charge in [-0.1, -0.05) is 133 Å². The van der Waals surface area contributed by atoms with Crippen LogP contribution in [-0.4, -0.2) is 19.5 Å². The molecule has 0 unspecified atom stereocenters. The minimum Gasteiger partial charge on any atom is -0.456 e. The zero-order valence-corrected chi connectivity index (χ0v) is 32.2. The first-order valence-corrected chi connectivity index (χ1v) is 20.6. The van der Waals surface area contributed by atoms with E-state index in [1.54, 1.807) is 11.3 Å². The third-order valence-corrected chi connectivity index (χ3v) is 13.0. The summed E-state index contributed by atoms with van der Waals surface area (Å²) in [5.74, 6) is 1.83. The van der Waals surface area contributed by atoms with Gasteiger partial charge >= 0.3 is 0 Å². The molecule has 0 saturated carbocycles. The zero-order chi connectivity index (χ0) is 38.6. The molecule has 4 heterocycles. The third-order valence-electron chi connectivity index (χ3n) is 11.8. The van der Waals surface area contributed by atoms with E-state index in [9.17, 15) is 0 Å². The standard InChI is InChI=1S/C53H30N4OS/c1-2-14-32(15-3-1)51-54-52(40-22-12-21-38-37-19-9-11-24-47(37)59-50(38)40)56-53(55-51)42-29-35(30-46-49(42)39-20-8-10-23-45(39)58-46)57-43-26-25-31-13-6-7-18-36(31)48(43)41-27-33-16-4-5-17-34(33)28-44(41)57/h1-30H. The smallest absolute Gasteiger partial charge is 0.165 e. The van der Waals surface area contributed by atoms with Gasteiger partial charge in [-0.05, 0) is 64.0 Å². The van der Waals surface area contributed by atoms with Crippen LogP contribution in [0.4, 0.5) is 0 Å². The van der Waals surface area contributed by atoms with Gasteiger partial charge in [-0.3, -0.25) is 0 Å². The van der Waals surface area contributed by atoms with Crippen LogP contribution in [0.5, 0.6) is 0 Å². The minimum absolute atomic E-state index is 0.585. The minimum atomic E-state index is 0.585. The number of fused-ring (bicyclic) bond motifs is 12. The Kier molecular flexibility index (Phi) is 6.82. The van der Waals surface area contributed by atoms with Crippen LogP contribution < -0.4 is 0 Å². The third kappa shape index (κ3) is 4.87. The van der Waals surface area contributed by atoms with E-state index >= 15 is 0 Å². The van der Waals surface area contributed by atoms with E-state index in [1.807, 2.05) is 30.3 Å². The number of thiophene rings is 1. The van der Waals surface area contributed by atoms with Crippen LogP contribution >= 0.6 is 11.3 Å². The summed E-state index contributed by atoms with van der Waals surface area (Å²) in [7, 11) is 0. The van der Waals surface area contributed by atoms with Crippen LogP contribution in [0.1, 0.15) is 0 Å². The van der Waals surface area contributed by atoms with Crippen molar-refractivity contribution in [2.45, 2.75) is 0 Å². The van der Waals surface area contributed by atoms with Crippen molar-refractivity contribution in [3.05, 3.63) is 182 Å². The molecular formula is C53H30N4OS. The number of hydrogen-bond acceptors (Lipinski definition) is 5. The lowest BCUT2D eigenvalue weighted by molar-refractivity contribution is 0.668. The van der Waals surface area contributed by atoms with Gasteiger partial charge in [0.2, 0.25) is 0 Å². The topological polar surface area (TPSA) is 56.7 Å². The molecule has 13 rings (SSSR count). The predicted octanol–water partition coefficient (Wildman–Crippen LogP) is 14.5. The van der Waals surface area contributed by atoms with Crippen molar-refractivity contribution in [1.82, 2.24) is 19.5 Å². The fourth-order valence-corrected chi connectivity index (χ4v) is 10.4. The summed E-state index contributed by atoms with van der Waals surface area (Å²) < 4.78 is 11.5. The van der Waals surface area contributed by atoms with Crippen molar-refractivity contribution >= 4 is 96.8 Å². The summed E-state index contributed by atoms with van der Waals surface area (Å²) in [5, 5.41) is 11.7. The fraction of sp³-hybridized carbons (Fsp3) is 0. The predicted molar refractivity (Wildman–Crippen MR) is 246 cm³/mol. The van der Waals surface area contributed by atoms with E-state index in [1.165, 1.54) is 47.8 Å². The highest BCUT2D eigenvalue weighted by atomic mass is 32.1. The molecule has 9 aromatic carbocycles. The molecule has 0 aliphatic rings. The first kappa shape index (κ1) is 32.4. The molecule has 13 aromatic rings. The molecular weight excluding hydrogens is 741 g/mol. The maximum absolute atomic E-state index is 6.76. The van der Waals surface area contributed by atoms with Crippen molar-refractivity contribution in [1.29, 1.82) is 0 Å². The number of rotatable bonds is 4. The Morgan fingerprint density at radius 1 is 0.407 bits per heavy atom. The molecule has 0 bridgehead atoms. The van der Waals surface area contributed by atoms with Crippen LogP contribution in [0.2, 0.25) is 0 Å². The molecule has 0 fully saturated rings. The number of aromatic nitrogens is 4. The molecule has 0 atom stereocenters. The van der Waals surface area contributed by atoms with E-state index in [4.69, 9.17) is 19.4 Å². The van der Waals surface area contributed by atoms with Crippen molar-refractivity contribution in [2.24, 2.45) is 0 Å². The van der Waals surface area contributed by atoms with Gasteiger partial charge in [0.25, 0.3) is 0 Å². The monoisotopic (exact) mass is 770 g/mol. The number of nitrogens with zero attached hydrogens (tertiary/aromatic N) is 4. The van der Waals surface area contributed by atoms with Crippen LogP contribution in [-0.2, 0) is 0 Å². The Morgan fingerprint density at radius 3 is 1.95 bits per heavy atom. The first-order chi connectivity index (χ1) is 29.2. The Morgan fingerprint density at radius 2 is 1.08 bits per heavy atom. The molecule has 0 amide bonds. The molecule has 0 saturated heterocycles. The van der Waals surface area contributed by atoms with Gasteiger partial charge in [0, 0.05) is 64.5 Å². The summed E-state index contributed by atoms with van der Waals surface area (Å²) in [5.41, 5.74) is 7.57. The molecule has 0 aliphatic carbocycles. The van der Waals surface area contributed by atoms with Gasteiger partial charge in [0.1, 0.15) is 11.2 Å². The van der Waals surface area contributed by atoms with Crippen LogP contribution in [0.3, 0.4) is 0 Å². The summed E-state index contributed by atoms with van der Waals surface area (Å²) in [6, 6.07) is 64.3. The quantitative estimate of drug-likeness (QED) is 0.179. The van der Waals surface area contributed by atoms with Gasteiger partial charge in [0.15, 0.2) is 17.5 Å². The van der Waals surface area contributed by atoms with Crippen molar-refractivity contribution in [3.8, 4) is 39.9 Å². The summed E-state index contributed by atoms with van der Waals surface area (Å²) in [6.07, 6.45) is 0. The molecule has 0 radical (unpaired) electrons. The highest BCUT2D eigenvalue weighted by Gasteiger charge is 2.23. The Balaban J connectivity index is 1.15. The summed E-state index contributed by atoms with van der Waals surface area (Å²) in [4.78, 5) is 16.0. The second-order valence-corrected chi connectivity index (χ2v) is 16.2. The highest BCUT2D eigenvalue weighted by Crippen LogP contribution is 2.44. The van der Waals surface area contributed by atoms with Crippen LogP contribution in [0.15, 0.2) is 186 Å². The largest absolute Gasteiger partial charge is 0.456 e. The Hall–Kier alpha value is -7.67. The van der Waals surface area contributed by atoms with Gasteiger partial charge in [-0.15, -0.1) is 11.3 Å². The van der Waals surface area contributed by atoms with Gasteiger partial charge in [-0.25, -0.2) is 15.0 Å². The molecule has 0 aliphatic heterocycles. The highest BCUT2D eigenvalue weighted by molar-refractivity contribution is 7.26. The molecule has 274 valence electrons. The Labute approximate surface area is 341 Å². The number of para-hydroxylation sites is 1. The second-order valence-electron chi connectivity index (χ2n) is 15.2.